The summed E-state index contributed by atoms with van der Waals surface area (Å²) in [7, 11) is -3.62. The lowest BCUT2D eigenvalue weighted by molar-refractivity contribution is 0.315. The number of aryl methyl sites for hydroxylation is 2. The second kappa shape index (κ2) is 4.99. The van der Waals surface area contributed by atoms with Gasteiger partial charge in [-0.1, -0.05) is 13.8 Å². The maximum atomic E-state index is 12.4. The first-order valence-corrected chi connectivity index (χ1v) is 7.38. The highest BCUT2D eigenvalue weighted by atomic mass is 32.2. The van der Waals surface area contributed by atoms with E-state index >= 15 is 0 Å². The van der Waals surface area contributed by atoms with Crippen molar-refractivity contribution in [2.24, 2.45) is 11.7 Å². The molecule has 0 amide bonds. The SMILES string of the molecule is Cc1n[nH]c(C)c1S(=O)(=O)NC(C)(CN)C(C)C. The number of hydrogen-bond donors (Lipinski definition) is 3. The maximum Gasteiger partial charge on any atom is 0.244 e. The Hall–Kier alpha value is -0.920. The molecule has 0 aliphatic rings. The second-order valence-corrected chi connectivity index (χ2v) is 6.76. The lowest BCUT2D eigenvalue weighted by Gasteiger charge is -2.33. The number of nitrogens with two attached hydrogens (primary N) is 1. The lowest BCUT2D eigenvalue weighted by atomic mass is 9.90. The molecular formula is C11H22N4O2S. The number of sulfonamides is 1. The van der Waals surface area contributed by atoms with Crippen LogP contribution in [-0.2, 0) is 10.0 Å². The minimum Gasteiger partial charge on any atom is -0.329 e. The van der Waals surface area contributed by atoms with Gasteiger partial charge in [0.1, 0.15) is 4.90 Å². The van der Waals surface area contributed by atoms with Crippen LogP contribution >= 0.6 is 0 Å². The van der Waals surface area contributed by atoms with Crippen molar-refractivity contribution in [3.8, 4) is 0 Å². The van der Waals surface area contributed by atoms with Crippen LogP contribution in [0.15, 0.2) is 4.90 Å². The summed E-state index contributed by atoms with van der Waals surface area (Å²) in [6.45, 7) is 9.26. The van der Waals surface area contributed by atoms with Gasteiger partial charge >= 0.3 is 0 Å². The van der Waals surface area contributed by atoms with Crippen LogP contribution in [0.2, 0.25) is 0 Å². The first-order chi connectivity index (χ1) is 8.14. The topological polar surface area (TPSA) is 101 Å². The van der Waals surface area contributed by atoms with Gasteiger partial charge in [0.2, 0.25) is 10.0 Å². The smallest absolute Gasteiger partial charge is 0.244 e. The predicted molar refractivity (Wildman–Crippen MR) is 70.7 cm³/mol. The van der Waals surface area contributed by atoms with Gasteiger partial charge in [-0.3, -0.25) is 5.10 Å². The molecule has 1 aromatic heterocycles. The molecule has 0 bridgehead atoms. The van der Waals surface area contributed by atoms with E-state index in [0.29, 0.717) is 11.4 Å². The van der Waals surface area contributed by atoms with Crippen LogP contribution in [0.3, 0.4) is 0 Å². The van der Waals surface area contributed by atoms with Crippen LogP contribution in [0.1, 0.15) is 32.2 Å². The highest BCUT2D eigenvalue weighted by molar-refractivity contribution is 7.89. The van der Waals surface area contributed by atoms with Gasteiger partial charge in [0.15, 0.2) is 0 Å². The van der Waals surface area contributed by atoms with Gasteiger partial charge in [-0.25, -0.2) is 13.1 Å². The third-order valence-electron chi connectivity index (χ3n) is 3.40. The number of hydrogen-bond acceptors (Lipinski definition) is 4. The number of H-pyrrole nitrogens is 1. The van der Waals surface area contributed by atoms with Crippen LogP contribution in [-0.4, -0.2) is 30.7 Å². The standard InChI is InChI=1S/C11H22N4O2S/c1-7(2)11(5,6-12)15-18(16,17)10-8(3)13-14-9(10)4/h7,15H,6,12H2,1-5H3,(H,13,14). The summed E-state index contributed by atoms with van der Waals surface area (Å²) in [4.78, 5) is 0.211. The van der Waals surface area contributed by atoms with Gasteiger partial charge < -0.3 is 5.73 Å². The molecule has 1 rings (SSSR count). The molecular weight excluding hydrogens is 252 g/mol. The van der Waals surface area contributed by atoms with E-state index in [-0.39, 0.29) is 17.4 Å². The zero-order valence-electron chi connectivity index (χ0n) is 11.5. The van der Waals surface area contributed by atoms with Crippen LogP contribution in [0.4, 0.5) is 0 Å². The van der Waals surface area contributed by atoms with Gasteiger partial charge in [-0.05, 0) is 26.7 Å². The molecule has 0 aliphatic heterocycles. The second-order valence-electron chi connectivity index (χ2n) is 5.14. The van der Waals surface area contributed by atoms with Crippen molar-refractivity contribution >= 4 is 10.0 Å². The van der Waals surface area contributed by atoms with Gasteiger partial charge in [0.05, 0.1) is 11.4 Å². The minimum absolute atomic E-state index is 0.0878. The highest BCUT2D eigenvalue weighted by Crippen LogP contribution is 2.22. The van der Waals surface area contributed by atoms with Gasteiger partial charge in [0.25, 0.3) is 0 Å². The van der Waals surface area contributed by atoms with E-state index in [0.717, 1.165) is 0 Å². The molecule has 0 radical (unpaired) electrons. The fourth-order valence-corrected chi connectivity index (χ4v) is 3.61. The molecule has 1 atom stereocenters. The van der Waals surface area contributed by atoms with Crippen LogP contribution < -0.4 is 10.5 Å². The Morgan fingerprint density at radius 1 is 1.44 bits per heavy atom. The number of nitrogens with zero attached hydrogens (tertiary/aromatic N) is 1. The molecule has 1 heterocycles. The zero-order chi connectivity index (χ0) is 14.1. The molecule has 0 saturated heterocycles. The number of rotatable bonds is 5. The molecule has 104 valence electrons. The summed E-state index contributed by atoms with van der Waals surface area (Å²) in [5, 5.41) is 6.58. The van der Waals surface area contributed by atoms with Crippen molar-refractivity contribution in [2.45, 2.75) is 45.1 Å². The third kappa shape index (κ3) is 2.73. The molecule has 0 aliphatic carbocycles. The highest BCUT2D eigenvalue weighted by Gasteiger charge is 2.34. The van der Waals surface area contributed by atoms with Crippen molar-refractivity contribution in [3.05, 3.63) is 11.4 Å². The van der Waals surface area contributed by atoms with Gasteiger partial charge in [0, 0.05) is 12.1 Å². The first-order valence-electron chi connectivity index (χ1n) is 5.89. The molecule has 1 unspecified atom stereocenters. The molecule has 6 nitrogen and oxygen atoms in total. The van der Waals surface area contributed by atoms with Crippen molar-refractivity contribution in [3.63, 3.8) is 0 Å². The first kappa shape index (κ1) is 15.1. The quantitative estimate of drug-likeness (QED) is 0.735. The molecule has 0 spiro atoms. The molecule has 7 heteroatoms. The van der Waals surface area contributed by atoms with E-state index in [1.807, 2.05) is 13.8 Å². The van der Waals surface area contributed by atoms with Crippen LogP contribution in [0, 0.1) is 19.8 Å². The van der Waals surface area contributed by atoms with Crippen molar-refractivity contribution < 1.29 is 8.42 Å². The average molecular weight is 274 g/mol. The van der Waals surface area contributed by atoms with Crippen molar-refractivity contribution in [1.82, 2.24) is 14.9 Å². The predicted octanol–water partition coefficient (Wildman–Crippen LogP) is 0.678. The Morgan fingerprint density at radius 3 is 2.33 bits per heavy atom. The Labute approximate surface area is 108 Å². The molecule has 18 heavy (non-hydrogen) atoms. The largest absolute Gasteiger partial charge is 0.329 e. The van der Waals surface area contributed by atoms with Crippen LogP contribution in [0.5, 0.6) is 0 Å². The monoisotopic (exact) mass is 274 g/mol. The summed E-state index contributed by atoms with van der Waals surface area (Å²) in [5.74, 6) is 0.0878. The number of nitrogens with one attached hydrogen (secondary N) is 2. The van der Waals surface area contributed by atoms with E-state index in [9.17, 15) is 8.42 Å². The normalized spacial score (nSPS) is 15.9. The minimum atomic E-state index is -3.62. The third-order valence-corrected chi connectivity index (χ3v) is 5.27. The van der Waals surface area contributed by atoms with Gasteiger partial charge in [-0.15, -0.1) is 0 Å². The summed E-state index contributed by atoms with van der Waals surface area (Å²) >= 11 is 0. The summed E-state index contributed by atoms with van der Waals surface area (Å²) in [6, 6.07) is 0. The van der Waals surface area contributed by atoms with Crippen LogP contribution in [0.25, 0.3) is 0 Å². The van der Waals surface area contributed by atoms with E-state index in [2.05, 4.69) is 14.9 Å². The average Bonchev–Trinajstić information content (AvgIpc) is 2.57. The Morgan fingerprint density at radius 2 is 2.00 bits per heavy atom. The zero-order valence-corrected chi connectivity index (χ0v) is 12.4. The van der Waals surface area contributed by atoms with E-state index < -0.39 is 15.6 Å². The Kier molecular flexibility index (Phi) is 4.19. The maximum absolute atomic E-state index is 12.4. The fourth-order valence-electron chi connectivity index (χ4n) is 1.69. The van der Waals surface area contributed by atoms with Crippen molar-refractivity contribution in [2.75, 3.05) is 6.54 Å². The Bertz CT molecular complexity index is 502. The van der Waals surface area contributed by atoms with Gasteiger partial charge in [-0.2, -0.15) is 5.10 Å². The Balaban J connectivity index is 3.18. The van der Waals surface area contributed by atoms with E-state index in [1.165, 1.54) is 0 Å². The summed E-state index contributed by atoms with van der Waals surface area (Å²) in [5.41, 5.74) is 6.01. The molecule has 0 fully saturated rings. The summed E-state index contributed by atoms with van der Waals surface area (Å²) < 4.78 is 27.5. The van der Waals surface area contributed by atoms with E-state index in [1.54, 1.807) is 20.8 Å². The summed E-state index contributed by atoms with van der Waals surface area (Å²) in [6.07, 6.45) is 0. The lowest BCUT2D eigenvalue weighted by Crippen LogP contribution is -2.54. The van der Waals surface area contributed by atoms with E-state index in [4.69, 9.17) is 5.73 Å². The van der Waals surface area contributed by atoms with Crippen molar-refractivity contribution in [1.29, 1.82) is 0 Å². The molecule has 1 aromatic rings. The molecule has 0 saturated carbocycles. The number of aromatic nitrogens is 2. The molecule has 4 N–H and O–H groups in total. The fraction of sp³-hybridized carbons (Fsp3) is 0.727. The number of aromatic amines is 1. The molecule has 0 aromatic carbocycles.